The number of rotatable bonds is 5. The molecule has 0 radical (unpaired) electrons. The van der Waals surface area contributed by atoms with Gasteiger partial charge in [0.05, 0.1) is 24.9 Å². The van der Waals surface area contributed by atoms with Gasteiger partial charge in [-0.1, -0.05) is 18.2 Å². The molecule has 4 rings (SSSR count). The van der Waals surface area contributed by atoms with E-state index in [9.17, 15) is 18.0 Å². The maximum Gasteiger partial charge on any atom is 0.416 e. The summed E-state index contributed by atoms with van der Waals surface area (Å²) in [6.45, 7) is 0.192. The SMILES string of the molecule is COc1ccc(-c2cc3n(n2)C(NCc2ccccc2C(F)(F)F)CNC3=O)cc1. The minimum Gasteiger partial charge on any atom is -0.497 e. The van der Waals surface area contributed by atoms with Crippen LogP contribution in [0.25, 0.3) is 11.3 Å². The number of amides is 1. The summed E-state index contributed by atoms with van der Waals surface area (Å²) in [7, 11) is 1.57. The van der Waals surface area contributed by atoms with E-state index in [0.29, 0.717) is 17.1 Å². The van der Waals surface area contributed by atoms with Gasteiger partial charge in [-0.2, -0.15) is 18.3 Å². The largest absolute Gasteiger partial charge is 0.497 e. The van der Waals surface area contributed by atoms with Crippen LogP contribution in [0.2, 0.25) is 0 Å². The third-order valence-electron chi connectivity index (χ3n) is 4.96. The summed E-state index contributed by atoms with van der Waals surface area (Å²) >= 11 is 0. The Balaban J connectivity index is 1.58. The molecule has 0 aliphatic carbocycles. The lowest BCUT2D eigenvalue weighted by Gasteiger charge is -2.26. The van der Waals surface area contributed by atoms with Crippen LogP contribution in [0.1, 0.15) is 27.8 Å². The van der Waals surface area contributed by atoms with Gasteiger partial charge in [-0.25, -0.2) is 4.68 Å². The number of nitrogens with one attached hydrogen (secondary N) is 2. The molecule has 2 heterocycles. The molecular weight excluding hydrogens is 397 g/mol. The molecule has 1 unspecified atom stereocenters. The highest BCUT2D eigenvalue weighted by atomic mass is 19.4. The van der Waals surface area contributed by atoms with Crippen molar-refractivity contribution in [2.75, 3.05) is 13.7 Å². The summed E-state index contributed by atoms with van der Waals surface area (Å²) in [5, 5.41) is 10.3. The molecule has 1 aliphatic heterocycles. The van der Waals surface area contributed by atoms with Crippen LogP contribution in [0, 0.1) is 0 Å². The molecular formula is C21H19F3N4O2. The molecule has 156 valence electrons. The molecule has 0 saturated heterocycles. The van der Waals surface area contributed by atoms with Crippen LogP contribution in [-0.2, 0) is 12.7 Å². The van der Waals surface area contributed by atoms with Gasteiger partial charge in [0.2, 0.25) is 0 Å². The van der Waals surface area contributed by atoms with E-state index in [1.165, 1.54) is 16.8 Å². The molecule has 1 atom stereocenters. The molecule has 3 aromatic rings. The van der Waals surface area contributed by atoms with Crippen molar-refractivity contribution in [3.8, 4) is 17.0 Å². The number of hydrogen-bond donors (Lipinski definition) is 2. The van der Waals surface area contributed by atoms with Crippen molar-refractivity contribution in [1.29, 1.82) is 0 Å². The first-order chi connectivity index (χ1) is 14.4. The van der Waals surface area contributed by atoms with E-state index in [0.717, 1.165) is 11.6 Å². The number of methoxy groups -OCH3 is 1. The quantitative estimate of drug-likeness (QED) is 0.667. The summed E-state index contributed by atoms with van der Waals surface area (Å²) in [6.07, 6.45) is -4.91. The van der Waals surface area contributed by atoms with E-state index in [4.69, 9.17) is 4.74 Å². The topological polar surface area (TPSA) is 68.2 Å². The van der Waals surface area contributed by atoms with Crippen molar-refractivity contribution in [1.82, 2.24) is 20.4 Å². The zero-order valence-corrected chi connectivity index (χ0v) is 16.0. The van der Waals surface area contributed by atoms with E-state index in [2.05, 4.69) is 15.7 Å². The second-order valence-corrected chi connectivity index (χ2v) is 6.85. The van der Waals surface area contributed by atoms with Crippen LogP contribution >= 0.6 is 0 Å². The normalized spacial score (nSPS) is 16.1. The molecule has 0 bridgehead atoms. The molecule has 6 nitrogen and oxygen atoms in total. The average Bonchev–Trinajstić information content (AvgIpc) is 3.19. The van der Waals surface area contributed by atoms with E-state index < -0.39 is 17.9 Å². The second kappa shape index (κ2) is 7.83. The van der Waals surface area contributed by atoms with Gasteiger partial charge in [0.25, 0.3) is 5.91 Å². The highest BCUT2D eigenvalue weighted by Crippen LogP contribution is 2.32. The maximum atomic E-state index is 13.2. The van der Waals surface area contributed by atoms with Gasteiger partial charge in [0.1, 0.15) is 17.6 Å². The van der Waals surface area contributed by atoms with Crippen molar-refractivity contribution in [3.63, 3.8) is 0 Å². The first-order valence-corrected chi connectivity index (χ1v) is 9.27. The first kappa shape index (κ1) is 20.0. The predicted octanol–water partition coefficient (Wildman–Crippen LogP) is 3.61. The van der Waals surface area contributed by atoms with Crippen molar-refractivity contribution >= 4 is 5.91 Å². The third kappa shape index (κ3) is 3.88. The number of carbonyl (C=O) groups is 1. The molecule has 9 heteroatoms. The Morgan fingerprint density at radius 1 is 1.20 bits per heavy atom. The minimum atomic E-state index is -4.43. The van der Waals surface area contributed by atoms with Crippen molar-refractivity contribution in [2.24, 2.45) is 0 Å². The number of ether oxygens (including phenoxy) is 1. The Morgan fingerprint density at radius 3 is 2.63 bits per heavy atom. The van der Waals surface area contributed by atoms with Gasteiger partial charge in [0, 0.05) is 12.1 Å². The summed E-state index contributed by atoms with van der Waals surface area (Å²) in [6, 6.07) is 14.3. The molecule has 1 aliphatic rings. The number of halogens is 3. The first-order valence-electron chi connectivity index (χ1n) is 9.27. The van der Waals surface area contributed by atoms with Gasteiger partial charge >= 0.3 is 6.18 Å². The van der Waals surface area contributed by atoms with E-state index in [1.54, 1.807) is 31.4 Å². The van der Waals surface area contributed by atoms with Crippen LogP contribution < -0.4 is 15.4 Å². The van der Waals surface area contributed by atoms with Gasteiger partial charge < -0.3 is 10.1 Å². The van der Waals surface area contributed by atoms with E-state index in [-0.39, 0.29) is 24.6 Å². The molecule has 0 saturated carbocycles. The third-order valence-corrected chi connectivity index (χ3v) is 4.96. The molecule has 0 spiro atoms. The van der Waals surface area contributed by atoms with Gasteiger partial charge in [-0.15, -0.1) is 0 Å². The number of benzene rings is 2. The van der Waals surface area contributed by atoms with Crippen LogP contribution in [0.4, 0.5) is 13.2 Å². The Labute approximate surface area is 170 Å². The van der Waals surface area contributed by atoms with Gasteiger partial charge in [-0.3, -0.25) is 10.1 Å². The maximum absolute atomic E-state index is 13.2. The number of nitrogens with zero attached hydrogens (tertiary/aromatic N) is 2. The molecule has 0 fully saturated rings. The van der Waals surface area contributed by atoms with E-state index >= 15 is 0 Å². The monoisotopic (exact) mass is 416 g/mol. The smallest absolute Gasteiger partial charge is 0.416 e. The fraction of sp³-hybridized carbons (Fsp3) is 0.238. The Bertz CT molecular complexity index is 1060. The standard InChI is InChI=1S/C21H19F3N4O2/c1-30-15-8-6-13(7-9-15)17-10-18-20(29)26-12-19(28(18)27-17)25-11-14-4-2-3-5-16(14)21(22,23)24/h2-10,19,25H,11-12H2,1H3,(H,26,29). The molecule has 1 amide bonds. The Hall–Kier alpha value is -3.33. The Morgan fingerprint density at radius 2 is 1.93 bits per heavy atom. The van der Waals surface area contributed by atoms with E-state index in [1.807, 2.05) is 12.1 Å². The second-order valence-electron chi connectivity index (χ2n) is 6.85. The highest BCUT2D eigenvalue weighted by Gasteiger charge is 2.33. The fourth-order valence-corrected chi connectivity index (χ4v) is 3.41. The molecule has 1 aromatic heterocycles. The number of carbonyl (C=O) groups excluding carboxylic acids is 1. The molecule has 30 heavy (non-hydrogen) atoms. The van der Waals surface area contributed by atoms with Crippen LogP contribution in [0.15, 0.2) is 54.6 Å². The van der Waals surface area contributed by atoms with Crippen molar-refractivity contribution in [3.05, 3.63) is 71.4 Å². The number of alkyl halides is 3. The summed E-state index contributed by atoms with van der Waals surface area (Å²) in [5.74, 6) is 0.416. The number of hydrogen-bond acceptors (Lipinski definition) is 4. The zero-order chi connectivity index (χ0) is 21.3. The van der Waals surface area contributed by atoms with Crippen molar-refractivity contribution in [2.45, 2.75) is 18.9 Å². The summed E-state index contributed by atoms with van der Waals surface area (Å²) < 4.78 is 46.4. The summed E-state index contributed by atoms with van der Waals surface area (Å²) in [5.41, 5.74) is 1.18. The lowest BCUT2D eigenvalue weighted by Crippen LogP contribution is -2.45. The van der Waals surface area contributed by atoms with Crippen LogP contribution in [0.5, 0.6) is 5.75 Å². The summed E-state index contributed by atoms with van der Waals surface area (Å²) in [4.78, 5) is 12.3. The van der Waals surface area contributed by atoms with Crippen LogP contribution in [0.3, 0.4) is 0 Å². The lowest BCUT2D eigenvalue weighted by molar-refractivity contribution is -0.138. The van der Waals surface area contributed by atoms with Crippen LogP contribution in [-0.4, -0.2) is 29.3 Å². The fourth-order valence-electron chi connectivity index (χ4n) is 3.41. The zero-order valence-electron chi connectivity index (χ0n) is 16.0. The molecule has 2 aromatic carbocycles. The number of aromatic nitrogens is 2. The Kier molecular flexibility index (Phi) is 5.21. The predicted molar refractivity (Wildman–Crippen MR) is 104 cm³/mol. The molecule has 2 N–H and O–H groups in total. The average molecular weight is 416 g/mol. The lowest BCUT2D eigenvalue weighted by atomic mass is 10.1. The van der Waals surface area contributed by atoms with Gasteiger partial charge in [0.15, 0.2) is 0 Å². The van der Waals surface area contributed by atoms with Gasteiger partial charge in [-0.05, 0) is 42.0 Å². The minimum absolute atomic E-state index is 0.0204. The highest BCUT2D eigenvalue weighted by molar-refractivity contribution is 5.94. The van der Waals surface area contributed by atoms with Crippen molar-refractivity contribution < 1.29 is 22.7 Å². The number of fused-ring (bicyclic) bond motifs is 1.